The van der Waals surface area contributed by atoms with Crippen molar-refractivity contribution in [3.63, 3.8) is 0 Å². The Bertz CT molecular complexity index is 105. The Morgan fingerprint density at radius 1 is 1.75 bits per heavy atom. The first-order chi connectivity index (χ1) is 3.63. The summed E-state index contributed by atoms with van der Waals surface area (Å²) in [7, 11) is 0. The van der Waals surface area contributed by atoms with Crippen LogP contribution in [0, 0.1) is 0 Å². The fourth-order valence-electron chi connectivity index (χ4n) is 0.287. The summed E-state index contributed by atoms with van der Waals surface area (Å²) < 4.78 is 0. The summed E-state index contributed by atoms with van der Waals surface area (Å²) in [4.78, 5) is 10.2. The van der Waals surface area contributed by atoms with Crippen LogP contribution in [0.1, 0.15) is 13.8 Å². The van der Waals surface area contributed by atoms with E-state index in [1.807, 2.05) is 6.92 Å². The van der Waals surface area contributed by atoms with Crippen LogP contribution in [0.3, 0.4) is 0 Å². The molecule has 0 aromatic rings. The SMILES string of the molecule is CC(=O)/C=C/[C@H](C)N. The van der Waals surface area contributed by atoms with E-state index >= 15 is 0 Å². The van der Waals surface area contributed by atoms with Crippen LogP contribution >= 0.6 is 0 Å². The third-order valence-electron chi connectivity index (χ3n) is 0.634. The van der Waals surface area contributed by atoms with Gasteiger partial charge < -0.3 is 5.73 Å². The van der Waals surface area contributed by atoms with Crippen LogP contribution in [0.2, 0.25) is 0 Å². The van der Waals surface area contributed by atoms with Crippen LogP contribution in [0.25, 0.3) is 0 Å². The predicted molar refractivity (Wildman–Crippen MR) is 33.5 cm³/mol. The second-order valence-electron chi connectivity index (χ2n) is 1.83. The van der Waals surface area contributed by atoms with Crippen molar-refractivity contribution in [3.8, 4) is 0 Å². The zero-order valence-corrected chi connectivity index (χ0v) is 5.22. The molecule has 1 atom stereocenters. The molecule has 0 aliphatic heterocycles. The molecule has 0 unspecified atom stereocenters. The highest BCUT2D eigenvalue weighted by Gasteiger charge is 1.84. The number of allylic oxidation sites excluding steroid dienone is 1. The van der Waals surface area contributed by atoms with Gasteiger partial charge in [-0.05, 0) is 19.9 Å². The molecule has 0 saturated heterocycles. The molecule has 0 aliphatic carbocycles. The minimum absolute atomic E-state index is 0.0149. The first-order valence-corrected chi connectivity index (χ1v) is 2.57. The lowest BCUT2D eigenvalue weighted by molar-refractivity contribution is -0.112. The van der Waals surface area contributed by atoms with E-state index in [0.29, 0.717) is 0 Å². The Kier molecular flexibility index (Phi) is 3.12. The topological polar surface area (TPSA) is 43.1 Å². The van der Waals surface area contributed by atoms with Gasteiger partial charge in [0.2, 0.25) is 0 Å². The van der Waals surface area contributed by atoms with Gasteiger partial charge in [0.15, 0.2) is 5.78 Å². The Labute approximate surface area is 49.4 Å². The molecule has 0 heterocycles. The highest BCUT2D eigenvalue weighted by molar-refractivity contribution is 5.87. The number of hydrogen-bond acceptors (Lipinski definition) is 2. The third kappa shape index (κ3) is 5.37. The number of ketones is 1. The molecule has 8 heavy (non-hydrogen) atoms. The zero-order valence-electron chi connectivity index (χ0n) is 5.22. The molecule has 0 fully saturated rings. The standard InChI is InChI=1S/C6H11NO/c1-5(7)3-4-6(2)8/h3-5H,7H2,1-2H3/b4-3+/t5-/m0/s1. The summed E-state index contributed by atoms with van der Waals surface area (Å²) in [5, 5.41) is 0. The smallest absolute Gasteiger partial charge is 0.152 e. The molecule has 0 amide bonds. The largest absolute Gasteiger partial charge is 0.325 e. The number of rotatable bonds is 2. The number of carbonyl (C=O) groups is 1. The summed E-state index contributed by atoms with van der Waals surface area (Å²) in [6.07, 6.45) is 3.15. The fourth-order valence-corrected chi connectivity index (χ4v) is 0.287. The second kappa shape index (κ2) is 3.38. The van der Waals surface area contributed by atoms with E-state index in [9.17, 15) is 4.79 Å². The lowest BCUT2D eigenvalue weighted by atomic mass is 10.3. The summed E-state index contributed by atoms with van der Waals surface area (Å²) in [6.45, 7) is 3.32. The summed E-state index contributed by atoms with van der Waals surface area (Å²) >= 11 is 0. The molecule has 0 bridgehead atoms. The number of carbonyl (C=O) groups excluding carboxylic acids is 1. The predicted octanol–water partition coefficient (Wildman–Crippen LogP) is 0.479. The van der Waals surface area contributed by atoms with Gasteiger partial charge in [-0.3, -0.25) is 4.79 Å². The van der Waals surface area contributed by atoms with Crippen LogP contribution in [-0.2, 0) is 4.79 Å². The van der Waals surface area contributed by atoms with Crippen molar-refractivity contribution in [3.05, 3.63) is 12.2 Å². The Balaban J connectivity index is 3.50. The lowest BCUT2D eigenvalue weighted by Crippen LogP contribution is -2.10. The average Bonchev–Trinajstić information content (AvgIpc) is 1.61. The van der Waals surface area contributed by atoms with Gasteiger partial charge in [-0.1, -0.05) is 6.08 Å². The average molecular weight is 113 g/mol. The summed E-state index contributed by atoms with van der Waals surface area (Å²) in [5.74, 6) is 0.0438. The number of nitrogens with two attached hydrogens (primary N) is 1. The van der Waals surface area contributed by atoms with Crippen LogP contribution in [-0.4, -0.2) is 11.8 Å². The molecule has 0 aromatic carbocycles. The van der Waals surface area contributed by atoms with Gasteiger partial charge in [-0.2, -0.15) is 0 Å². The molecule has 0 aliphatic rings. The quantitative estimate of drug-likeness (QED) is 0.529. The summed E-state index contributed by atoms with van der Waals surface area (Å²) in [6, 6.07) is -0.0149. The second-order valence-corrected chi connectivity index (χ2v) is 1.83. The number of hydrogen-bond donors (Lipinski definition) is 1. The molecule has 0 saturated carbocycles. The maximum atomic E-state index is 10.2. The molecule has 2 N–H and O–H groups in total. The molecule has 46 valence electrons. The Morgan fingerprint density at radius 3 is 2.38 bits per heavy atom. The molecule has 0 rings (SSSR count). The van der Waals surface area contributed by atoms with E-state index in [-0.39, 0.29) is 11.8 Å². The van der Waals surface area contributed by atoms with Gasteiger partial charge in [0.05, 0.1) is 0 Å². The minimum Gasteiger partial charge on any atom is -0.325 e. The monoisotopic (exact) mass is 113 g/mol. The van der Waals surface area contributed by atoms with Crippen molar-refractivity contribution in [1.29, 1.82) is 0 Å². The van der Waals surface area contributed by atoms with Crippen LogP contribution in [0.5, 0.6) is 0 Å². The van der Waals surface area contributed by atoms with Gasteiger partial charge in [0.1, 0.15) is 0 Å². The van der Waals surface area contributed by atoms with Crippen molar-refractivity contribution in [2.45, 2.75) is 19.9 Å². The summed E-state index contributed by atoms with van der Waals surface area (Å²) in [5.41, 5.74) is 5.30. The first kappa shape index (κ1) is 7.37. The minimum atomic E-state index is -0.0149. The zero-order chi connectivity index (χ0) is 6.57. The highest BCUT2D eigenvalue weighted by Crippen LogP contribution is 1.78. The van der Waals surface area contributed by atoms with Crippen molar-refractivity contribution < 1.29 is 4.79 Å². The highest BCUT2D eigenvalue weighted by atomic mass is 16.1. The maximum absolute atomic E-state index is 10.2. The third-order valence-corrected chi connectivity index (χ3v) is 0.634. The van der Waals surface area contributed by atoms with E-state index in [1.165, 1.54) is 13.0 Å². The molecular weight excluding hydrogens is 102 g/mol. The van der Waals surface area contributed by atoms with Crippen molar-refractivity contribution in [2.75, 3.05) is 0 Å². The van der Waals surface area contributed by atoms with Crippen molar-refractivity contribution in [1.82, 2.24) is 0 Å². The van der Waals surface area contributed by atoms with Crippen LogP contribution in [0.15, 0.2) is 12.2 Å². The van der Waals surface area contributed by atoms with E-state index in [1.54, 1.807) is 6.08 Å². The molecule has 0 aromatic heterocycles. The Morgan fingerprint density at radius 2 is 2.25 bits per heavy atom. The maximum Gasteiger partial charge on any atom is 0.152 e. The van der Waals surface area contributed by atoms with E-state index in [2.05, 4.69) is 0 Å². The molecule has 2 nitrogen and oxygen atoms in total. The van der Waals surface area contributed by atoms with Crippen LogP contribution < -0.4 is 5.73 Å². The normalized spacial score (nSPS) is 14.4. The van der Waals surface area contributed by atoms with Gasteiger partial charge in [-0.25, -0.2) is 0 Å². The van der Waals surface area contributed by atoms with E-state index < -0.39 is 0 Å². The van der Waals surface area contributed by atoms with Crippen molar-refractivity contribution >= 4 is 5.78 Å². The molecular formula is C6H11NO. The van der Waals surface area contributed by atoms with E-state index in [4.69, 9.17) is 5.73 Å². The van der Waals surface area contributed by atoms with Gasteiger partial charge in [0, 0.05) is 6.04 Å². The van der Waals surface area contributed by atoms with Crippen molar-refractivity contribution in [2.24, 2.45) is 5.73 Å². The van der Waals surface area contributed by atoms with Gasteiger partial charge in [-0.15, -0.1) is 0 Å². The first-order valence-electron chi connectivity index (χ1n) is 2.57. The van der Waals surface area contributed by atoms with Gasteiger partial charge in [0.25, 0.3) is 0 Å². The molecule has 2 heteroatoms. The lowest BCUT2D eigenvalue weighted by Gasteiger charge is -1.90. The van der Waals surface area contributed by atoms with E-state index in [0.717, 1.165) is 0 Å². The fraction of sp³-hybridized carbons (Fsp3) is 0.500. The molecule has 0 spiro atoms. The van der Waals surface area contributed by atoms with Crippen LogP contribution in [0.4, 0.5) is 0 Å². The Hall–Kier alpha value is -0.630. The van der Waals surface area contributed by atoms with Gasteiger partial charge >= 0.3 is 0 Å². The molecule has 0 radical (unpaired) electrons.